The summed E-state index contributed by atoms with van der Waals surface area (Å²) in [5.74, 6) is 0. The summed E-state index contributed by atoms with van der Waals surface area (Å²) >= 11 is 0. The Morgan fingerprint density at radius 3 is 2.29 bits per heavy atom. The van der Waals surface area contributed by atoms with Gasteiger partial charge in [-0.25, -0.2) is 0 Å². The molecule has 3 nitrogen and oxygen atoms in total. The van der Waals surface area contributed by atoms with E-state index in [2.05, 4.69) is 12.0 Å². The van der Waals surface area contributed by atoms with Crippen LogP contribution in [-0.2, 0) is 18.2 Å². The number of rotatable bonds is 1. The highest BCUT2D eigenvalue weighted by Crippen LogP contribution is 2.02. The minimum Gasteiger partial charge on any atom is -0.381 e. The topological polar surface area (TPSA) is 27.1 Å². The first-order chi connectivity index (χ1) is 6.83. The number of nitrogens with zero attached hydrogens (tertiary/aromatic N) is 2. The highest BCUT2D eigenvalue weighted by atomic mass is 16.5. The van der Waals surface area contributed by atoms with E-state index in [1.54, 1.807) is 0 Å². The first-order valence-electron chi connectivity index (χ1n) is 5.38. The molecule has 1 aromatic rings. The Bertz CT molecular complexity index is 230. The van der Waals surface area contributed by atoms with Gasteiger partial charge in [0.1, 0.15) is 0 Å². The molecule has 14 heavy (non-hydrogen) atoms. The number of hydrogen-bond acceptors (Lipinski definition) is 2. The molecule has 0 bridgehead atoms. The molecule has 3 heteroatoms. The minimum absolute atomic E-state index is 1.00. The van der Waals surface area contributed by atoms with Gasteiger partial charge in [-0.05, 0) is 31.2 Å². The fourth-order valence-corrected chi connectivity index (χ4v) is 1.34. The molecule has 1 aromatic heterocycles. The molecule has 0 N–H and O–H groups in total. The van der Waals surface area contributed by atoms with Crippen molar-refractivity contribution in [3.8, 4) is 0 Å². The second kappa shape index (κ2) is 6.60. The van der Waals surface area contributed by atoms with Gasteiger partial charge in [0.2, 0.25) is 0 Å². The summed E-state index contributed by atoms with van der Waals surface area (Å²) in [6.07, 6.45) is 8.92. The van der Waals surface area contributed by atoms with Crippen molar-refractivity contribution in [3.05, 3.63) is 18.0 Å². The molecule has 80 valence electrons. The van der Waals surface area contributed by atoms with Gasteiger partial charge in [-0.2, -0.15) is 5.10 Å². The summed E-state index contributed by atoms with van der Waals surface area (Å²) in [5, 5.41) is 4.00. The van der Waals surface area contributed by atoms with Crippen molar-refractivity contribution < 1.29 is 4.74 Å². The molecule has 1 saturated heterocycles. The van der Waals surface area contributed by atoms with Crippen LogP contribution in [0.2, 0.25) is 0 Å². The Morgan fingerprint density at radius 2 is 2.07 bits per heavy atom. The smallest absolute Gasteiger partial charge is 0.0521 e. The van der Waals surface area contributed by atoms with Crippen molar-refractivity contribution in [2.75, 3.05) is 13.2 Å². The Morgan fingerprint density at radius 1 is 1.36 bits per heavy atom. The molecule has 0 unspecified atom stereocenters. The van der Waals surface area contributed by atoms with Crippen LogP contribution in [0.25, 0.3) is 0 Å². The van der Waals surface area contributed by atoms with E-state index in [9.17, 15) is 0 Å². The molecular weight excluding hydrogens is 176 g/mol. The number of aryl methyl sites for hydroxylation is 2. The molecule has 0 aliphatic carbocycles. The number of ether oxygens (including phenoxy) is 1. The maximum absolute atomic E-state index is 5.07. The van der Waals surface area contributed by atoms with Gasteiger partial charge >= 0.3 is 0 Å². The van der Waals surface area contributed by atoms with Crippen molar-refractivity contribution in [1.29, 1.82) is 0 Å². The van der Waals surface area contributed by atoms with Gasteiger partial charge in [0.05, 0.1) is 6.20 Å². The minimum atomic E-state index is 1.00. The highest BCUT2D eigenvalue weighted by Gasteiger charge is 1.95. The molecular formula is C11H20N2O. The molecule has 1 aliphatic rings. The third-order valence-electron chi connectivity index (χ3n) is 2.24. The van der Waals surface area contributed by atoms with E-state index in [1.807, 2.05) is 24.1 Å². The summed E-state index contributed by atoms with van der Waals surface area (Å²) in [6, 6.07) is 0. The summed E-state index contributed by atoms with van der Waals surface area (Å²) in [6.45, 7) is 4.12. The lowest BCUT2D eigenvalue weighted by Crippen LogP contribution is -2.03. The lowest BCUT2D eigenvalue weighted by molar-refractivity contribution is 0.0968. The average molecular weight is 196 g/mol. The van der Waals surface area contributed by atoms with Crippen molar-refractivity contribution in [2.45, 2.75) is 32.6 Å². The Balaban J connectivity index is 0.000000146. The fraction of sp³-hybridized carbons (Fsp3) is 0.727. The van der Waals surface area contributed by atoms with Gasteiger partial charge in [0.15, 0.2) is 0 Å². The summed E-state index contributed by atoms with van der Waals surface area (Å²) in [4.78, 5) is 0. The molecule has 2 heterocycles. The quantitative estimate of drug-likeness (QED) is 0.688. The van der Waals surface area contributed by atoms with Crippen LogP contribution >= 0.6 is 0 Å². The van der Waals surface area contributed by atoms with Crippen molar-refractivity contribution in [2.24, 2.45) is 7.05 Å². The van der Waals surface area contributed by atoms with Crippen molar-refractivity contribution in [1.82, 2.24) is 9.78 Å². The second-order valence-corrected chi connectivity index (χ2v) is 3.55. The summed E-state index contributed by atoms with van der Waals surface area (Å²) in [7, 11) is 1.93. The first-order valence-corrected chi connectivity index (χ1v) is 5.38. The molecule has 0 atom stereocenters. The van der Waals surface area contributed by atoms with Gasteiger partial charge in [0, 0.05) is 26.5 Å². The maximum Gasteiger partial charge on any atom is 0.0521 e. The van der Waals surface area contributed by atoms with Gasteiger partial charge < -0.3 is 4.74 Å². The van der Waals surface area contributed by atoms with E-state index >= 15 is 0 Å². The van der Waals surface area contributed by atoms with Crippen LogP contribution in [0.3, 0.4) is 0 Å². The largest absolute Gasteiger partial charge is 0.381 e. The third-order valence-corrected chi connectivity index (χ3v) is 2.24. The molecule has 1 aliphatic heterocycles. The van der Waals surface area contributed by atoms with Crippen LogP contribution in [0.1, 0.15) is 31.7 Å². The Labute approximate surface area is 86.1 Å². The molecule has 0 spiro atoms. The first kappa shape index (κ1) is 11.2. The van der Waals surface area contributed by atoms with E-state index in [1.165, 1.54) is 24.8 Å². The van der Waals surface area contributed by atoms with Gasteiger partial charge in [-0.1, -0.05) is 6.92 Å². The predicted molar refractivity (Wildman–Crippen MR) is 57.3 cm³/mol. The van der Waals surface area contributed by atoms with Crippen LogP contribution < -0.4 is 0 Å². The molecule has 0 amide bonds. The normalized spacial score (nSPS) is 15.9. The van der Waals surface area contributed by atoms with Crippen LogP contribution in [-0.4, -0.2) is 23.0 Å². The highest BCUT2D eigenvalue weighted by molar-refractivity contribution is 5.02. The zero-order valence-corrected chi connectivity index (χ0v) is 9.20. The molecule has 0 saturated carbocycles. The van der Waals surface area contributed by atoms with Gasteiger partial charge in [-0.15, -0.1) is 0 Å². The maximum atomic E-state index is 5.07. The van der Waals surface area contributed by atoms with E-state index in [0.29, 0.717) is 0 Å². The van der Waals surface area contributed by atoms with Crippen LogP contribution in [0.15, 0.2) is 12.4 Å². The number of aromatic nitrogens is 2. The third kappa shape index (κ3) is 4.42. The van der Waals surface area contributed by atoms with Crippen LogP contribution in [0.4, 0.5) is 0 Å². The van der Waals surface area contributed by atoms with E-state index < -0.39 is 0 Å². The van der Waals surface area contributed by atoms with Crippen LogP contribution in [0.5, 0.6) is 0 Å². The Kier molecular flexibility index (Phi) is 5.30. The average Bonchev–Trinajstić information content (AvgIpc) is 2.68. The molecule has 2 rings (SSSR count). The standard InChI is InChI=1S/C6H10N2.C5H10O/c1-3-6-4-7-8(2)5-6;1-2-4-6-5-3-1/h4-5H,3H2,1-2H3;1-5H2. The van der Waals surface area contributed by atoms with E-state index in [4.69, 9.17) is 4.74 Å². The lowest BCUT2D eigenvalue weighted by atomic mass is 10.2. The SMILES string of the molecule is C1CCOCC1.CCc1cnn(C)c1. The van der Waals surface area contributed by atoms with Crippen molar-refractivity contribution in [3.63, 3.8) is 0 Å². The van der Waals surface area contributed by atoms with Crippen LogP contribution in [0, 0.1) is 0 Å². The van der Waals surface area contributed by atoms with Gasteiger partial charge in [0.25, 0.3) is 0 Å². The molecule has 1 fully saturated rings. The summed E-state index contributed by atoms with van der Waals surface area (Å²) < 4.78 is 6.89. The number of hydrogen-bond donors (Lipinski definition) is 0. The zero-order valence-electron chi connectivity index (χ0n) is 9.20. The summed E-state index contributed by atoms with van der Waals surface area (Å²) in [5.41, 5.74) is 1.30. The van der Waals surface area contributed by atoms with E-state index in [0.717, 1.165) is 19.6 Å². The molecule has 0 aromatic carbocycles. The zero-order chi connectivity index (χ0) is 10.2. The Hall–Kier alpha value is -0.830. The van der Waals surface area contributed by atoms with E-state index in [-0.39, 0.29) is 0 Å². The van der Waals surface area contributed by atoms with Crippen molar-refractivity contribution >= 4 is 0 Å². The molecule has 0 radical (unpaired) electrons. The predicted octanol–water partition coefficient (Wildman–Crippen LogP) is 2.17. The lowest BCUT2D eigenvalue weighted by Gasteiger charge is -2.08. The second-order valence-electron chi connectivity index (χ2n) is 3.55. The fourth-order valence-electron chi connectivity index (χ4n) is 1.34. The monoisotopic (exact) mass is 196 g/mol. The van der Waals surface area contributed by atoms with Gasteiger partial charge in [-0.3, -0.25) is 4.68 Å².